The van der Waals surface area contributed by atoms with Crippen LogP contribution in [0.4, 0.5) is 5.95 Å². The number of fused-ring (bicyclic) bond motifs is 1. The first-order valence-electron chi connectivity index (χ1n) is 9.31. The van der Waals surface area contributed by atoms with Gasteiger partial charge in [-0.25, -0.2) is 5.10 Å². The Morgan fingerprint density at radius 2 is 2.33 bits per heavy atom. The smallest absolute Gasteiger partial charge is 0.316 e. The number of H-pyrrole nitrogens is 1. The number of amides is 1. The van der Waals surface area contributed by atoms with Crippen LogP contribution in [0.5, 0.6) is 5.75 Å². The van der Waals surface area contributed by atoms with E-state index in [1.807, 2.05) is 17.5 Å². The maximum Gasteiger partial charge on any atom is 0.316 e. The van der Waals surface area contributed by atoms with Gasteiger partial charge in [0, 0.05) is 12.0 Å². The predicted octanol–water partition coefficient (Wildman–Crippen LogP) is 2.41. The average molecular weight is 446 g/mol. The molecule has 156 valence electrons. The molecule has 4 rings (SSSR count). The monoisotopic (exact) mass is 445 g/mol. The van der Waals surface area contributed by atoms with Gasteiger partial charge in [0.2, 0.25) is 11.1 Å². The van der Waals surface area contributed by atoms with Crippen LogP contribution in [0.1, 0.15) is 18.1 Å². The minimum atomic E-state index is -0.675. The fraction of sp³-hybridized carbons (Fsp3) is 0.316. The maximum absolute atomic E-state index is 12.6. The lowest BCUT2D eigenvalue weighted by Gasteiger charge is -2.15. The van der Waals surface area contributed by atoms with Gasteiger partial charge in [-0.05, 0) is 42.2 Å². The molecule has 0 saturated heterocycles. The Morgan fingerprint density at radius 3 is 3.20 bits per heavy atom. The highest BCUT2D eigenvalue weighted by Gasteiger charge is 2.22. The molecular formula is C19H19N5O4S2. The van der Waals surface area contributed by atoms with Crippen molar-refractivity contribution in [2.75, 3.05) is 24.3 Å². The average Bonchev–Trinajstić information content (AvgIpc) is 3.41. The number of hydrogen-bond acceptors (Lipinski definition) is 9. The molecular weight excluding hydrogens is 426 g/mol. The first-order chi connectivity index (χ1) is 14.6. The van der Waals surface area contributed by atoms with Crippen LogP contribution in [0.3, 0.4) is 0 Å². The molecule has 9 nitrogen and oxygen atoms in total. The highest BCUT2D eigenvalue weighted by Crippen LogP contribution is 2.29. The Labute approximate surface area is 181 Å². The first-order valence-corrected chi connectivity index (χ1v) is 11.2. The van der Waals surface area contributed by atoms with Crippen LogP contribution < -0.4 is 10.1 Å². The standard InChI is InChI=1S/C19H19N5O4S2/c1-2-27-15(25)10-30-19-22-18(23-24-19)21-16(26)13-6-8-29-17(20-13)12-3-4-14-11(9-12)5-7-28-14/h3-4,6,8-9,13H,2,5,7,10H2,1H3,(H2,21,22,23,24,26). The fourth-order valence-corrected chi connectivity index (χ4v) is 4.26. The molecule has 0 fully saturated rings. The summed E-state index contributed by atoms with van der Waals surface area (Å²) in [6.45, 7) is 2.76. The van der Waals surface area contributed by atoms with Crippen LogP contribution in [0.25, 0.3) is 0 Å². The molecule has 2 aliphatic heterocycles. The molecule has 30 heavy (non-hydrogen) atoms. The number of anilines is 1. The van der Waals surface area contributed by atoms with Crippen LogP contribution in [0, 0.1) is 0 Å². The summed E-state index contributed by atoms with van der Waals surface area (Å²) < 4.78 is 10.4. The summed E-state index contributed by atoms with van der Waals surface area (Å²) in [6.07, 6.45) is 2.61. The second kappa shape index (κ2) is 9.35. The molecule has 11 heteroatoms. The Bertz CT molecular complexity index is 1020. The van der Waals surface area contributed by atoms with Crippen molar-refractivity contribution in [2.45, 2.75) is 24.5 Å². The van der Waals surface area contributed by atoms with Crippen molar-refractivity contribution < 1.29 is 19.1 Å². The van der Waals surface area contributed by atoms with Crippen LogP contribution in [-0.2, 0) is 20.7 Å². The fourth-order valence-electron chi connectivity index (χ4n) is 2.87. The van der Waals surface area contributed by atoms with Gasteiger partial charge in [0.05, 0.1) is 19.0 Å². The van der Waals surface area contributed by atoms with Gasteiger partial charge in [0.15, 0.2) is 0 Å². The molecule has 0 bridgehead atoms. The summed E-state index contributed by atoms with van der Waals surface area (Å²) in [6, 6.07) is 5.28. The van der Waals surface area contributed by atoms with Gasteiger partial charge in [0.1, 0.15) is 16.8 Å². The Balaban J connectivity index is 1.38. The maximum atomic E-state index is 12.6. The van der Waals surface area contributed by atoms with Gasteiger partial charge in [-0.3, -0.25) is 19.9 Å². The van der Waals surface area contributed by atoms with Crippen molar-refractivity contribution in [1.82, 2.24) is 15.2 Å². The summed E-state index contributed by atoms with van der Waals surface area (Å²) in [4.78, 5) is 32.8. The van der Waals surface area contributed by atoms with Gasteiger partial charge in [-0.1, -0.05) is 23.5 Å². The van der Waals surface area contributed by atoms with Gasteiger partial charge in [-0.15, -0.1) is 5.10 Å². The number of ether oxygens (including phenoxy) is 2. The Hall–Kier alpha value is -2.79. The van der Waals surface area contributed by atoms with Crippen molar-refractivity contribution in [2.24, 2.45) is 4.99 Å². The number of nitrogens with zero attached hydrogens (tertiary/aromatic N) is 3. The molecule has 0 radical (unpaired) electrons. The minimum absolute atomic E-state index is 0.0984. The van der Waals surface area contributed by atoms with Gasteiger partial charge in [0.25, 0.3) is 5.91 Å². The van der Waals surface area contributed by atoms with Crippen LogP contribution >= 0.6 is 23.5 Å². The zero-order chi connectivity index (χ0) is 20.9. The summed E-state index contributed by atoms with van der Waals surface area (Å²) in [5.74, 6) is 0.534. The van der Waals surface area contributed by atoms with E-state index in [4.69, 9.17) is 9.47 Å². The summed E-state index contributed by atoms with van der Waals surface area (Å²) in [7, 11) is 0. The SMILES string of the molecule is CCOC(=O)CSc1n[nH]c(NC(=O)C2C=CSC(c3ccc4c(c3)CCO4)=N2)n1. The third-order valence-electron chi connectivity index (χ3n) is 4.23. The van der Waals surface area contributed by atoms with Crippen LogP contribution in [0.15, 0.2) is 39.8 Å². The molecule has 3 heterocycles. The molecule has 1 amide bonds. The molecule has 2 N–H and O–H groups in total. The lowest BCUT2D eigenvalue weighted by Crippen LogP contribution is -2.27. The zero-order valence-electron chi connectivity index (χ0n) is 16.1. The molecule has 2 aliphatic rings. The zero-order valence-corrected chi connectivity index (χ0v) is 17.7. The molecule has 0 aliphatic carbocycles. The largest absolute Gasteiger partial charge is 0.493 e. The predicted molar refractivity (Wildman–Crippen MR) is 115 cm³/mol. The number of thioether (sulfide) groups is 2. The van der Waals surface area contributed by atoms with Gasteiger partial charge < -0.3 is 9.47 Å². The molecule has 1 unspecified atom stereocenters. The Kier molecular flexibility index (Phi) is 6.38. The number of hydrogen-bond donors (Lipinski definition) is 2. The van der Waals surface area contributed by atoms with Crippen molar-refractivity contribution in [1.29, 1.82) is 0 Å². The second-order valence-electron chi connectivity index (χ2n) is 6.30. The molecule has 0 saturated carbocycles. The lowest BCUT2D eigenvalue weighted by atomic mass is 10.1. The number of aromatic nitrogens is 3. The topological polar surface area (TPSA) is 119 Å². The summed E-state index contributed by atoms with van der Waals surface area (Å²) in [5, 5.41) is 12.3. The van der Waals surface area contributed by atoms with E-state index in [1.165, 1.54) is 11.8 Å². The van der Waals surface area contributed by atoms with Crippen molar-refractivity contribution >= 4 is 46.4 Å². The van der Waals surface area contributed by atoms with Gasteiger partial charge in [-0.2, -0.15) is 4.98 Å². The van der Waals surface area contributed by atoms with E-state index in [0.717, 1.165) is 40.1 Å². The summed E-state index contributed by atoms with van der Waals surface area (Å²) in [5.41, 5.74) is 2.12. The molecule has 1 aromatic carbocycles. The number of rotatable bonds is 7. The summed E-state index contributed by atoms with van der Waals surface area (Å²) >= 11 is 2.60. The number of aromatic amines is 1. The van der Waals surface area contributed by atoms with E-state index >= 15 is 0 Å². The number of carbonyl (C=O) groups excluding carboxylic acids is 2. The number of esters is 1. The van der Waals surface area contributed by atoms with Crippen LogP contribution in [0.2, 0.25) is 0 Å². The van der Waals surface area contributed by atoms with E-state index in [0.29, 0.717) is 18.4 Å². The third kappa shape index (κ3) is 4.85. The van der Waals surface area contributed by atoms with E-state index in [9.17, 15) is 9.59 Å². The van der Waals surface area contributed by atoms with E-state index < -0.39 is 6.04 Å². The van der Waals surface area contributed by atoms with Crippen molar-refractivity contribution in [3.05, 3.63) is 40.8 Å². The lowest BCUT2D eigenvalue weighted by molar-refractivity contribution is -0.139. The number of carbonyl (C=O) groups is 2. The molecule has 1 atom stereocenters. The highest BCUT2D eigenvalue weighted by atomic mass is 32.2. The van der Waals surface area contributed by atoms with Crippen LogP contribution in [-0.4, -0.2) is 57.1 Å². The van der Waals surface area contributed by atoms with E-state index in [-0.39, 0.29) is 23.6 Å². The third-order valence-corrected chi connectivity index (χ3v) is 5.91. The molecule has 1 aromatic heterocycles. The van der Waals surface area contributed by atoms with Gasteiger partial charge >= 0.3 is 5.97 Å². The minimum Gasteiger partial charge on any atom is -0.493 e. The first kappa shape index (κ1) is 20.5. The van der Waals surface area contributed by atoms with Crippen molar-refractivity contribution in [3.63, 3.8) is 0 Å². The van der Waals surface area contributed by atoms with Crippen molar-refractivity contribution in [3.8, 4) is 5.75 Å². The number of benzene rings is 1. The molecule has 2 aromatic rings. The van der Waals surface area contributed by atoms with E-state index in [2.05, 4.69) is 31.6 Å². The Morgan fingerprint density at radius 1 is 1.43 bits per heavy atom. The molecule has 0 spiro atoms. The number of aliphatic imine (C=N–C) groups is 1. The van der Waals surface area contributed by atoms with E-state index in [1.54, 1.807) is 13.0 Å². The quantitative estimate of drug-likeness (QED) is 0.493. The highest BCUT2D eigenvalue weighted by molar-refractivity contribution is 8.17. The second-order valence-corrected chi connectivity index (χ2v) is 8.13. The normalized spacial score (nSPS) is 17.1. The number of nitrogens with one attached hydrogen (secondary N) is 2.